The maximum atomic E-state index is 12.0. The van der Waals surface area contributed by atoms with Gasteiger partial charge in [0.1, 0.15) is 11.5 Å². The number of amides is 1. The molecule has 1 saturated carbocycles. The first-order chi connectivity index (χ1) is 12.2. The molecule has 0 unspecified atom stereocenters. The Bertz CT molecular complexity index is 799. The zero-order valence-corrected chi connectivity index (χ0v) is 14.1. The van der Waals surface area contributed by atoms with Gasteiger partial charge in [-0.1, -0.05) is 6.07 Å². The lowest BCUT2D eigenvalue weighted by atomic mass is 10.3. The first kappa shape index (κ1) is 17.0. The smallest absolute Gasteiger partial charge is 0.258 e. The van der Waals surface area contributed by atoms with Gasteiger partial charge in [0.25, 0.3) is 11.5 Å². The lowest BCUT2D eigenvalue weighted by Gasteiger charge is -2.09. The molecule has 1 N–H and O–H groups in total. The average molecular weight is 343 g/mol. The van der Waals surface area contributed by atoms with Crippen molar-refractivity contribution in [1.82, 2.24) is 14.9 Å². The van der Waals surface area contributed by atoms with E-state index in [0.29, 0.717) is 30.5 Å². The first-order valence-electron chi connectivity index (χ1n) is 8.25. The molecule has 2 aromatic rings. The van der Waals surface area contributed by atoms with Gasteiger partial charge in [-0.3, -0.25) is 14.2 Å². The van der Waals surface area contributed by atoms with Crippen molar-refractivity contribution in [2.45, 2.75) is 25.3 Å². The van der Waals surface area contributed by atoms with Crippen LogP contribution in [0.5, 0.6) is 11.5 Å². The van der Waals surface area contributed by atoms with Crippen LogP contribution in [-0.4, -0.2) is 35.7 Å². The van der Waals surface area contributed by atoms with Crippen LogP contribution < -0.4 is 20.3 Å². The third-order valence-electron chi connectivity index (χ3n) is 3.98. The SMILES string of the molecule is COc1cccc(OCC(=O)NCCn2cnc(C3CC3)cc2=O)c1. The fourth-order valence-corrected chi connectivity index (χ4v) is 2.42. The van der Waals surface area contributed by atoms with Gasteiger partial charge in [-0.2, -0.15) is 0 Å². The molecule has 0 spiro atoms. The number of ether oxygens (including phenoxy) is 2. The minimum atomic E-state index is -0.251. The van der Waals surface area contributed by atoms with E-state index in [4.69, 9.17) is 9.47 Å². The highest BCUT2D eigenvalue weighted by Crippen LogP contribution is 2.38. The van der Waals surface area contributed by atoms with Gasteiger partial charge in [0, 0.05) is 31.1 Å². The topological polar surface area (TPSA) is 82.4 Å². The Kier molecular flexibility index (Phi) is 5.33. The number of benzene rings is 1. The van der Waals surface area contributed by atoms with E-state index in [9.17, 15) is 9.59 Å². The van der Waals surface area contributed by atoms with Gasteiger partial charge in [-0.15, -0.1) is 0 Å². The van der Waals surface area contributed by atoms with Gasteiger partial charge >= 0.3 is 0 Å². The zero-order chi connectivity index (χ0) is 17.6. The van der Waals surface area contributed by atoms with Crippen molar-refractivity contribution in [2.24, 2.45) is 0 Å². The van der Waals surface area contributed by atoms with E-state index in [2.05, 4.69) is 10.3 Å². The molecule has 7 heteroatoms. The van der Waals surface area contributed by atoms with Crippen LogP contribution in [0.25, 0.3) is 0 Å². The van der Waals surface area contributed by atoms with Crippen LogP contribution >= 0.6 is 0 Å². The van der Waals surface area contributed by atoms with Crippen molar-refractivity contribution in [3.63, 3.8) is 0 Å². The molecular weight excluding hydrogens is 322 g/mol. The second-order valence-electron chi connectivity index (χ2n) is 5.94. The highest BCUT2D eigenvalue weighted by molar-refractivity contribution is 5.77. The molecule has 3 rings (SSSR count). The van der Waals surface area contributed by atoms with Crippen molar-refractivity contribution in [3.05, 3.63) is 52.7 Å². The largest absolute Gasteiger partial charge is 0.497 e. The Morgan fingerprint density at radius 1 is 1.32 bits per heavy atom. The van der Waals surface area contributed by atoms with Crippen LogP contribution in [0.3, 0.4) is 0 Å². The van der Waals surface area contributed by atoms with Gasteiger partial charge in [0.15, 0.2) is 6.61 Å². The highest BCUT2D eigenvalue weighted by atomic mass is 16.5. The van der Waals surface area contributed by atoms with Crippen molar-refractivity contribution in [1.29, 1.82) is 0 Å². The normalized spacial score (nSPS) is 13.3. The molecule has 0 aliphatic heterocycles. The van der Waals surface area contributed by atoms with Crippen molar-refractivity contribution < 1.29 is 14.3 Å². The van der Waals surface area contributed by atoms with E-state index in [1.807, 2.05) is 0 Å². The van der Waals surface area contributed by atoms with E-state index < -0.39 is 0 Å². The highest BCUT2D eigenvalue weighted by Gasteiger charge is 2.25. The van der Waals surface area contributed by atoms with Crippen LogP contribution in [0, 0.1) is 0 Å². The molecule has 1 heterocycles. The molecule has 1 aliphatic carbocycles. The van der Waals surface area contributed by atoms with Crippen molar-refractivity contribution in [2.75, 3.05) is 20.3 Å². The summed E-state index contributed by atoms with van der Waals surface area (Å²) in [6, 6.07) is 8.64. The summed E-state index contributed by atoms with van der Waals surface area (Å²) in [4.78, 5) is 28.1. The zero-order valence-electron chi connectivity index (χ0n) is 14.1. The summed E-state index contributed by atoms with van der Waals surface area (Å²) < 4.78 is 12.0. The van der Waals surface area contributed by atoms with Gasteiger partial charge in [0.05, 0.1) is 19.1 Å². The molecule has 0 bridgehead atoms. The summed E-state index contributed by atoms with van der Waals surface area (Å²) in [6.07, 6.45) is 3.77. The van der Waals surface area contributed by atoms with Crippen molar-refractivity contribution >= 4 is 5.91 Å². The Labute approximate surface area is 145 Å². The summed E-state index contributed by atoms with van der Waals surface area (Å²) in [7, 11) is 1.57. The minimum Gasteiger partial charge on any atom is -0.497 e. The summed E-state index contributed by atoms with van der Waals surface area (Å²) in [6.45, 7) is 0.618. The lowest BCUT2D eigenvalue weighted by Crippen LogP contribution is -2.33. The molecule has 0 atom stereocenters. The number of hydrogen-bond donors (Lipinski definition) is 1. The third kappa shape index (κ3) is 4.82. The van der Waals surface area contributed by atoms with Gasteiger partial charge in [0.2, 0.25) is 0 Å². The molecule has 0 radical (unpaired) electrons. The second kappa shape index (κ2) is 7.83. The maximum absolute atomic E-state index is 12.0. The average Bonchev–Trinajstić information content (AvgIpc) is 3.46. The number of methoxy groups -OCH3 is 1. The molecule has 1 aliphatic rings. The molecule has 25 heavy (non-hydrogen) atoms. The molecular formula is C18H21N3O4. The number of aromatic nitrogens is 2. The van der Waals surface area contributed by atoms with Crippen LogP contribution in [0.1, 0.15) is 24.5 Å². The summed E-state index contributed by atoms with van der Waals surface area (Å²) >= 11 is 0. The maximum Gasteiger partial charge on any atom is 0.258 e. The Hall–Kier alpha value is -2.83. The van der Waals surface area contributed by atoms with Crippen LogP contribution in [0.4, 0.5) is 0 Å². The fourth-order valence-electron chi connectivity index (χ4n) is 2.42. The quantitative estimate of drug-likeness (QED) is 0.782. The molecule has 1 amide bonds. The number of nitrogens with zero attached hydrogens (tertiary/aromatic N) is 2. The second-order valence-corrected chi connectivity index (χ2v) is 5.94. The molecule has 7 nitrogen and oxygen atoms in total. The van der Waals surface area contributed by atoms with Gasteiger partial charge in [-0.05, 0) is 25.0 Å². The fraction of sp³-hybridized carbons (Fsp3) is 0.389. The lowest BCUT2D eigenvalue weighted by molar-refractivity contribution is -0.123. The first-order valence-corrected chi connectivity index (χ1v) is 8.25. The Morgan fingerprint density at radius 3 is 2.84 bits per heavy atom. The summed E-state index contributed by atoms with van der Waals surface area (Å²) in [5, 5.41) is 2.72. The van der Waals surface area contributed by atoms with Gasteiger partial charge < -0.3 is 14.8 Å². The van der Waals surface area contributed by atoms with Crippen LogP contribution in [0.15, 0.2) is 41.5 Å². The van der Waals surface area contributed by atoms with E-state index in [1.165, 1.54) is 4.57 Å². The van der Waals surface area contributed by atoms with E-state index in [1.54, 1.807) is 43.8 Å². The monoisotopic (exact) mass is 343 g/mol. The standard InChI is InChI=1S/C18H21N3O4/c1-24-14-3-2-4-15(9-14)25-11-17(22)19-7-8-21-12-20-16(10-18(21)23)13-5-6-13/h2-4,9-10,12-13H,5-8,11H2,1H3,(H,19,22). The van der Waals surface area contributed by atoms with E-state index >= 15 is 0 Å². The number of carbonyl (C=O) groups excluding carboxylic acids is 1. The summed E-state index contributed by atoms with van der Waals surface area (Å²) in [5.74, 6) is 1.43. The number of nitrogens with one attached hydrogen (secondary N) is 1. The Morgan fingerprint density at radius 2 is 2.12 bits per heavy atom. The molecule has 132 valence electrons. The van der Waals surface area contributed by atoms with E-state index in [0.717, 1.165) is 18.5 Å². The summed E-state index contributed by atoms with van der Waals surface area (Å²) in [5.41, 5.74) is 0.788. The molecule has 1 fully saturated rings. The molecule has 1 aromatic carbocycles. The number of hydrogen-bond acceptors (Lipinski definition) is 5. The minimum absolute atomic E-state index is 0.0845. The van der Waals surface area contributed by atoms with Gasteiger partial charge in [-0.25, -0.2) is 4.98 Å². The number of carbonyl (C=O) groups is 1. The predicted octanol–water partition coefficient (Wildman–Crippen LogP) is 1.32. The Balaban J connectivity index is 1.42. The van der Waals surface area contributed by atoms with Crippen LogP contribution in [0.2, 0.25) is 0 Å². The molecule has 0 saturated heterocycles. The number of rotatable bonds is 8. The van der Waals surface area contributed by atoms with Crippen LogP contribution in [-0.2, 0) is 11.3 Å². The molecule has 1 aromatic heterocycles. The van der Waals surface area contributed by atoms with E-state index in [-0.39, 0.29) is 18.1 Å². The predicted molar refractivity (Wildman–Crippen MR) is 92.0 cm³/mol. The van der Waals surface area contributed by atoms with Crippen molar-refractivity contribution in [3.8, 4) is 11.5 Å². The third-order valence-corrected chi connectivity index (χ3v) is 3.98.